The Labute approximate surface area is 119 Å². The number of halogens is 2. The van der Waals surface area contributed by atoms with Crippen molar-refractivity contribution in [3.63, 3.8) is 0 Å². The Morgan fingerprint density at radius 1 is 1.38 bits per heavy atom. The van der Waals surface area contributed by atoms with Crippen LogP contribution in [0.2, 0.25) is 0 Å². The number of benzene rings is 1. The van der Waals surface area contributed by atoms with E-state index in [1.54, 1.807) is 12.1 Å². The van der Waals surface area contributed by atoms with Crippen LogP contribution >= 0.6 is 0 Å². The van der Waals surface area contributed by atoms with E-state index in [0.717, 1.165) is 0 Å². The first kappa shape index (κ1) is 15.3. The molecular weight excluding hydrogens is 284 g/mol. The molecule has 0 aliphatic heterocycles. The van der Waals surface area contributed by atoms with Crippen molar-refractivity contribution in [2.75, 3.05) is 13.2 Å². The normalized spacial score (nSPS) is 12.6. The highest BCUT2D eigenvalue weighted by Crippen LogP contribution is 2.24. The predicted molar refractivity (Wildman–Crippen MR) is 69.8 cm³/mol. The lowest BCUT2D eigenvalue weighted by Gasteiger charge is -2.05. The van der Waals surface area contributed by atoms with Crippen LogP contribution in [0.25, 0.3) is 11.5 Å². The average Bonchev–Trinajstić information content (AvgIpc) is 2.94. The van der Waals surface area contributed by atoms with Crippen molar-refractivity contribution in [2.45, 2.75) is 19.6 Å². The van der Waals surface area contributed by atoms with Gasteiger partial charge in [-0.2, -0.15) is 13.8 Å². The third kappa shape index (κ3) is 4.20. The van der Waals surface area contributed by atoms with Gasteiger partial charge in [0.1, 0.15) is 5.75 Å². The lowest BCUT2D eigenvalue weighted by atomic mass is 10.2. The Balaban J connectivity index is 2.13. The fourth-order valence-electron chi connectivity index (χ4n) is 1.63. The van der Waals surface area contributed by atoms with Gasteiger partial charge in [-0.1, -0.05) is 11.2 Å². The molecule has 2 N–H and O–H groups in total. The number of hydrogen-bond donors (Lipinski definition) is 1. The van der Waals surface area contributed by atoms with Crippen LogP contribution in [0.3, 0.4) is 0 Å². The van der Waals surface area contributed by atoms with Crippen molar-refractivity contribution < 1.29 is 22.8 Å². The van der Waals surface area contributed by atoms with Crippen LogP contribution in [0, 0.1) is 0 Å². The number of hydrogen-bond acceptors (Lipinski definition) is 6. The van der Waals surface area contributed by atoms with Crippen LogP contribution in [-0.2, 0) is 4.74 Å². The van der Waals surface area contributed by atoms with E-state index in [-0.39, 0.29) is 18.2 Å². The van der Waals surface area contributed by atoms with Gasteiger partial charge in [0.25, 0.3) is 5.89 Å². The zero-order valence-corrected chi connectivity index (χ0v) is 11.3. The van der Waals surface area contributed by atoms with Gasteiger partial charge in [-0.05, 0) is 25.1 Å². The molecule has 0 saturated heterocycles. The Hall–Kier alpha value is -2.06. The van der Waals surface area contributed by atoms with Crippen LogP contribution < -0.4 is 10.5 Å². The molecule has 0 radical (unpaired) electrons. The summed E-state index contributed by atoms with van der Waals surface area (Å²) in [6.45, 7) is -0.240. The molecule has 8 heteroatoms. The molecule has 6 nitrogen and oxygen atoms in total. The van der Waals surface area contributed by atoms with Crippen LogP contribution in [0.4, 0.5) is 8.78 Å². The molecule has 2 aromatic rings. The molecule has 0 aliphatic rings. The maximum Gasteiger partial charge on any atom is 0.387 e. The van der Waals surface area contributed by atoms with E-state index in [9.17, 15) is 8.78 Å². The molecule has 1 unspecified atom stereocenters. The highest BCUT2D eigenvalue weighted by Gasteiger charge is 2.16. The van der Waals surface area contributed by atoms with Gasteiger partial charge in [-0.25, -0.2) is 0 Å². The molecule has 1 aromatic carbocycles. The minimum atomic E-state index is -2.89. The van der Waals surface area contributed by atoms with Crippen molar-refractivity contribution in [1.29, 1.82) is 0 Å². The highest BCUT2D eigenvalue weighted by atomic mass is 19.3. The first-order chi connectivity index (χ1) is 10.1. The minimum Gasteiger partial charge on any atom is -0.435 e. The zero-order valence-electron chi connectivity index (χ0n) is 11.3. The van der Waals surface area contributed by atoms with Gasteiger partial charge >= 0.3 is 6.61 Å². The molecule has 0 fully saturated rings. The van der Waals surface area contributed by atoms with Gasteiger partial charge in [-0.3, -0.25) is 0 Å². The van der Waals surface area contributed by atoms with E-state index in [2.05, 4.69) is 14.9 Å². The standard InChI is InChI=1S/C13H15F2N3O3/c1-2-19-7-10(16)11-17-12(21-18-11)8-4-3-5-9(6-8)20-13(14)15/h3-6,10,13H,2,7,16H2,1H3. The number of alkyl halides is 2. The number of ether oxygens (including phenoxy) is 2. The maximum atomic E-state index is 12.2. The van der Waals surface area contributed by atoms with Gasteiger partial charge < -0.3 is 19.7 Å². The smallest absolute Gasteiger partial charge is 0.387 e. The van der Waals surface area contributed by atoms with E-state index in [1.165, 1.54) is 12.1 Å². The van der Waals surface area contributed by atoms with Crippen LogP contribution in [0.5, 0.6) is 5.75 Å². The summed E-state index contributed by atoms with van der Waals surface area (Å²) in [7, 11) is 0. The average molecular weight is 299 g/mol. The monoisotopic (exact) mass is 299 g/mol. The Morgan fingerprint density at radius 2 is 2.19 bits per heavy atom. The Morgan fingerprint density at radius 3 is 2.90 bits per heavy atom. The largest absolute Gasteiger partial charge is 0.435 e. The fraction of sp³-hybridized carbons (Fsp3) is 0.385. The summed E-state index contributed by atoms with van der Waals surface area (Å²) < 4.78 is 38.9. The van der Waals surface area contributed by atoms with Crippen LogP contribution in [0.1, 0.15) is 18.8 Å². The minimum absolute atomic E-state index is 0.0147. The van der Waals surface area contributed by atoms with Crippen molar-refractivity contribution in [3.8, 4) is 17.2 Å². The second-order valence-electron chi connectivity index (χ2n) is 4.13. The lowest BCUT2D eigenvalue weighted by Crippen LogP contribution is -2.18. The quantitative estimate of drug-likeness (QED) is 0.845. The summed E-state index contributed by atoms with van der Waals surface area (Å²) in [6, 6.07) is 5.48. The van der Waals surface area contributed by atoms with E-state index in [0.29, 0.717) is 18.0 Å². The Bertz CT molecular complexity index is 577. The SMILES string of the molecule is CCOCC(N)c1noc(-c2cccc(OC(F)F)c2)n1. The summed E-state index contributed by atoms with van der Waals surface area (Å²) in [6.07, 6.45) is 0. The summed E-state index contributed by atoms with van der Waals surface area (Å²) in [5.41, 5.74) is 6.30. The molecule has 1 atom stereocenters. The summed E-state index contributed by atoms with van der Waals surface area (Å²) in [4.78, 5) is 4.13. The Kier molecular flexibility index (Phi) is 5.18. The van der Waals surface area contributed by atoms with Crippen molar-refractivity contribution >= 4 is 0 Å². The van der Waals surface area contributed by atoms with Crippen molar-refractivity contribution in [3.05, 3.63) is 30.1 Å². The molecule has 0 spiro atoms. The second-order valence-corrected chi connectivity index (χ2v) is 4.13. The molecule has 21 heavy (non-hydrogen) atoms. The zero-order chi connectivity index (χ0) is 15.2. The van der Waals surface area contributed by atoms with Gasteiger partial charge in [0, 0.05) is 12.2 Å². The molecule has 1 aromatic heterocycles. The van der Waals surface area contributed by atoms with Crippen molar-refractivity contribution in [2.24, 2.45) is 5.73 Å². The number of rotatable bonds is 7. The molecule has 0 saturated carbocycles. The number of nitrogens with two attached hydrogens (primary N) is 1. The maximum absolute atomic E-state index is 12.2. The first-order valence-corrected chi connectivity index (χ1v) is 6.32. The summed E-state index contributed by atoms with van der Waals surface area (Å²) in [5, 5.41) is 3.76. The topological polar surface area (TPSA) is 83.4 Å². The summed E-state index contributed by atoms with van der Waals surface area (Å²) >= 11 is 0. The van der Waals surface area contributed by atoms with E-state index < -0.39 is 12.7 Å². The third-order valence-corrected chi connectivity index (χ3v) is 2.58. The van der Waals surface area contributed by atoms with Gasteiger partial charge in [-0.15, -0.1) is 0 Å². The molecule has 0 bridgehead atoms. The second kappa shape index (κ2) is 7.09. The molecule has 0 aliphatic carbocycles. The highest BCUT2D eigenvalue weighted by molar-refractivity contribution is 5.55. The molecule has 1 heterocycles. The first-order valence-electron chi connectivity index (χ1n) is 6.32. The molecule has 0 amide bonds. The van der Waals surface area contributed by atoms with Gasteiger partial charge in [0.2, 0.25) is 0 Å². The molecule has 2 rings (SSSR count). The number of aromatic nitrogens is 2. The van der Waals surface area contributed by atoms with E-state index in [4.69, 9.17) is 15.0 Å². The third-order valence-electron chi connectivity index (χ3n) is 2.58. The molecule has 114 valence electrons. The van der Waals surface area contributed by atoms with Gasteiger partial charge in [0.15, 0.2) is 5.82 Å². The van der Waals surface area contributed by atoms with Gasteiger partial charge in [0.05, 0.1) is 12.6 Å². The van der Waals surface area contributed by atoms with Crippen LogP contribution in [-0.4, -0.2) is 30.0 Å². The predicted octanol–water partition coefficient (Wildman–Crippen LogP) is 2.37. The summed E-state index contributed by atoms with van der Waals surface area (Å²) in [5.74, 6) is 0.483. The van der Waals surface area contributed by atoms with E-state index in [1.807, 2.05) is 6.92 Å². The van der Waals surface area contributed by atoms with Crippen LogP contribution in [0.15, 0.2) is 28.8 Å². The number of nitrogens with zero attached hydrogens (tertiary/aromatic N) is 2. The lowest BCUT2D eigenvalue weighted by molar-refractivity contribution is -0.0498. The fourth-order valence-corrected chi connectivity index (χ4v) is 1.63. The van der Waals surface area contributed by atoms with Crippen molar-refractivity contribution in [1.82, 2.24) is 10.1 Å². The van der Waals surface area contributed by atoms with E-state index >= 15 is 0 Å². The molecular formula is C13H15F2N3O3.